The monoisotopic (exact) mass is 226 g/mol. The summed E-state index contributed by atoms with van der Waals surface area (Å²) in [6.45, 7) is 5.62. The van der Waals surface area contributed by atoms with Gasteiger partial charge in [0.05, 0.1) is 6.54 Å². The van der Waals surface area contributed by atoms with Gasteiger partial charge in [0.1, 0.15) is 0 Å². The van der Waals surface area contributed by atoms with E-state index in [2.05, 4.69) is 24.5 Å². The van der Waals surface area contributed by atoms with Gasteiger partial charge in [0, 0.05) is 12.6 Å². The van der Waals surface area contributed by atoms with Crippen molar-refractivity contribution in [3.63, 3.8) is 0 Å². The summed E-state index contributed by atoms with van der Waals surface area (Å²) in [5.74, 6) is 0.918. The zero-order valence-corrected chi connectivity index (χ0v) is 10.7. The molecular formula is C13H26N2O. The second-order valence-corrected chi connectivity index (χ2v) is 4.92. The van der Waals surface area contributed by atoms with E-state index < -0.39 is 0 Å². The van der Waals surface area contributed by atoms with Gasteiger partial charge < -0.3 is 10.6 Å². The Labute approximate surface area is 99.4 Å². The molecule has 0 unspecified atom stereocenters. The van der Waals surface area contributed by atoms with Gasteiger partial charge in [-0.1, -0.05) is 26.2 Å². The van der Waals surface area contributed by atoms with Crippen molar-refractivity contribution in [1.82, 2.24) is 10.6 Å². The van der Waals surface area contributed by atoms with Crippen LogP contribution >= 0.6 is 0 Å². The van der Waals surface area contributed by atoms with Crippen LogP contribution in [0.2, 0.25) is 0 Å². The molecule has 0 aromatic carbocycles. The molecule has 0 saturated heterocycles. The van der Waals surface area contributed by atoms with Crippen LogP contribution in [0.15, 0.2) is 0 Å². The van der Waals surface area contributed by atoms with Crippen LogP contribution < -0.4 is 10.6 Å². The lowest BCUT2D eigenvalue weighted by Gasteiger charge is -2.20. The highest BCUT2D eigenvalue weighted by Gasteiger charge is 2.21. The molecule has 0 aromatic rings. The van der Waals surface area contributed by atoms with E-state index in [1.165, 1.54) is 25.7 Å². The molecule has 0 spiro atoms. The van der Waals surface area contributed by atoms with Gasteiger partial charge in [0.2, 0.25) is 5.91 Å². The minimum atomic E-state index is 0.137. The van der Waals surface area contributed by atoms with Crippen molar-refractivity contribution in [2.45, 2.75) is 58.4 Å². The van der Waals surface area contributed by atoms with Crippen LogP contribution in [0.4, 0.5) is 0 Å². The minimum Gasteiger partial charge on any atom is -0.355 e. The summed E-state index contributed by atoms with van der Waals surface area (Å²) in [5.41, 5.74) is 0. The number of hydrogen-bond donors (Lipinski definition) is 2. The van der Waals surface area contributed by atoms with Crippen molar-refractivity contribution in [2.24, 2.45) is 5.92 Å². The molecule has 3 nitrogen and oxygen atoms in total. The van der Waals surface area contributed by atoms with Crippen molar-refractivity contribution in [3.05, 3.63) is 0 Å². The van der Waals surface area contributed by atoms with E-state index in [0.29, 0.717) is 12.6 Å². The zero-order valence-electron chi connectivity index (χ0n) is 10.7. The third kappa shape index (κ3) is 4.97. The fourth-order valence-electron chi connectivity index (χ4n) is 2.34. The first-order chi connectivity index (χ1) is 7.74. The van der Waals surface area contributed by atoms with E-state index in [-0.39, 0.29) is 5.91 Å². The number of carbonyl (C=O) groups is 1. The zero-order chi connectivity index (χ0) is 11.8. The maximum Gasteiger partial charge on any atom is 0.233 e. The first-order valence-corrected chi connectivity index (χ1v) is 6.74. The lowest BCUT2D eigenvalue weighted by molar-refractivity contribution is -0.120. The van der Waals surface area contributed by atoms with Gasteiger partial charge in [-0.3, -0.25) is 4.79 Å². The van der Waals surface area contributed by atoms with E-state index in [1.54, 1.807) is 0 Å². The number of amides is 1. The Morgan fingerprint density at radius 1 is 1.38 bits per heavy atom. The van der Waals surface area contributed by atoms with Crippen molar-refractivity contribution in [1.29, 1.82) is 0 Å². The van der Waals surface area contributed by atoms with Crippen LogP contribution in [-0.4, -0.2) is 25.0 Å². The summed E-state index contributed by atoms with van der Waals surface area (Å²) in [6, 6.07) is 0.486. The number of unbranched alkanes of at least 4 members (excludes halogenated alkanes) is 1. The molecule has 1 rings (SSSR count). The fourth-order valence-corrected chi connectivity index (χ4v) is 2.34. The Bertz CT molecular complexity index is 200. The normalized spacial score (nSPS) is 18.6. The van der Waals surface area contributed by atoms with Gasteiger partial charge in [0.15, 0.2) is 0 Å². The molecule has 3 heteroatoms. The average Bonchev–Trinajstić information content (AvgIpc) is 2.79. The van der Waals surface area contributed by atoms with E-state index >= 15 is 0 Å². The average molecular weight is 226 g/mol. The summed E-state index contributed by atoms with van der Waals surface area (Å²) < 4.78 is 0. The van der Waals surface area contributed by atoms with Crippen LogP contribution in [0.3, 0.4) is 0 Å². The van der Waals surface area contributed by atoms with Crippen molar-refractivity contribution in [3.8, 4) is 0 Å². The maximum absolute atomic E-state index is 11.5. The van der Waals surface area contributed by atoms with E-state index in [4.69, 9.17) is 0 Å². The highest BCUT2D eigenvalue weighted by Crippen LogP contribution is 2.27. The first kappa shape index (κ1) is 13.5. The summed E-state index contributed by atoms with van der Waals surface area (Å²) in [7, 11) is 0. The third-order valence-electron chi connectivity index (χ3n) is 3.54. The van der Waals surface area contributed by atoms with Gasteiger partial charge >= 0.3 is 0 Å². The Balaban J connectivity index is 2.06. The molecule has 1 aliphatic carbocycles. The van der Waals surface area contributed by atoms with Crippen molar-refractivity contribution < 1.29 is 4.79 Å². The second kappa shape index (κ2) is 7.66. The Hall–Kier alpha value is -0.570. The standard InChI is InChI=1S/C13H26N2O/c1-3-4-9-14-13(16)10-15-11(2)12-7-5-6-8-12/h11-12,15H,3-10H2,1-2H3,(H,14,16)/t11-/m0/s1. The fraction of sp³-hybridized carbons (Fsp3) is 0.923. The quantitative estimate of drug-likeness (QED) is 0.653. The number of rotatable bonds is 7. The molecule has 1 saturated carbocycles. The molecule has 0 aromatic heterocycles. The van der Waals surface area contributed by atoms with Crippen LogP contribution in [-0.2, 0) is 4.79 Å². The molecule has 0 bridgehead atoms. The summed E-state index contributed by atoms with van der Waals surface area (Å²) in [4.78, 5) is 11.5. The maximum atomic E-state index is 11.5. The topological polar surface area (TPSA) is 41.1 Å². The summed E-state index contributed by atoms with van der Waals surface area (Å²) in [6.07, 6.45) is 7.58. The second-order valence-electron chi connectivity index (χ2n) is 4.92. The highest BCUT2D eigenvalue weighted by molar-refractivity contribution is 5.77. The van der Waals surface area contributed by atoms with Gasteiger partial charge in [-0.25, -0.2) is 0 Å². The molecule has 0 radical (unpaired) electrons. The van der Waals surface area contributed by atoms with Crippen LogP contribution in [0.5, 0.6) is 0 Å². The SMILES string of the molecule is CCCCNC(=O)CN[C@@H](C)C1CCCC1. The molecule has 0 aliphatic heterocycles. The molecule has 2 N–H and O–H groups in total. The van der Waals surface area contributed by atoms with E-state index in [0.717, 1.165) is 25.3 Å². The molecule has 1 amide bonds. The lowest BCUT2D eigenvalue weighted by atomic mass is 10.00. The molecule has 1 aliphatic rings. The lowest BCUT2D eigenvalue weighted by Crippen LogP contribution is -2.40. The largest absolute Gasteiger partial charge is 0.355 e. The van der Waals surface area contributed by atoms with Gasteiger partial charge in [-0.2, -0.15) is 0 Å². The number of nitrogens with one attached hydrogen (secondary N) is 2. The van der Waals surface area contributed by atoms with Crippen LogP contribution in [0.25, 0.3) is 0 Å². The van der Waals surface area contributed by atoms with Crippen LogP contribution in [0.1, 0.15) is 52.4 Å². The van der Waals surface area contributed by atoms with Crippen LogP contribution in [0, 0.1) is 5.92 Å². The third-order valence-corrected chi connectivity index (χ3v) is 3.54. The number of carbonyl (C=O) groups excluding carboxylic acids is 1. The summed E-state index contributed by atoms with van der Waals surface area (Å²) >= 11 is 0. The molecule has 94 valence electrons. The Morgan fingerprint density at radius 3 is 2.69 bits per heavy atom. The minimum absolute atomic E-state index is 0.137. The molecule has 0 heterocycles. The predicted octanol–water partition coefficient (Wildman–Crippen LogP) is 2.07. The molecular weight excluding hydrogens is 200 g/mol. The van der Waals surface area contributed by atoms with Gasteiger partial charge in [0.25, 0.3) is 0 Å². The summed E-state index contributed by atoms with van der Waals surface area (Å²) in [5, 5.41) is 6.27. The van der Waals surface area contributed by atoms with E-state index in [9.17, 15) is 4.79 Å². The van der Waals surface area contributed by atoms with Gasteiger partial charge in [-0.15, -0.1) is 0 Å². The molecule has 16 heavy (non-hydrogen) atoms. The number of hydrogen-bond acceptors (Lipinski definition) is 2. The first-order valence-electron chi connectivity index (χ1n) is 6.74. The highest BCUT2D eigenvalue weighted by atomic mass is 16.1. The smallest absolute Gasteiger partial charge is 0.233 e. The predicted molar refractivity (Wildman–Crippen MR) is 67.3 cm³/mol. The van der Waals surface area contributed by atoms with Gasteiger partial charge in [-0.05, 0) is 32.1 Å². The van der Waals surface area contributed by atoms with Crippen molar-refractivity contribution in [2.75, 3.05) is 13.1 Å². The molecule has 1 fully saturated rings. The Kier molecular flexibility index (Phi) is 6.46. The Morgan fingerprint density at radius 2 is 2.06 bits per heavy atom. The van der Waals surface area contributed by atoms with E-state index in [1.807, 2.05) is 0 Å². The molecule has 1 atom stereocenters. The van der Waals surface area contributed by atoms with Crippen molar-refractivity contribution >= 4 is 5.91 Å².